The molecule has 0 aliphatic heterocycles. The summed E-state index contributed by atoms with van der Waals surface area (Å²) in [5.41, 5.74) is -0.345. The van der Waals surface area contributed by atoms with Crippen LogP contribution in [0.1, 0.15) is 40.0 Å². The Morgan fingerprint density at radius 3 is 1.71 bits per heavy atom. The van der Waals surface area contributed by atoms with Crippen LogP contribution in [0, 0.1) is 10.8 Å². The third-order valence-corrected chi connectivity index (χ3v) is 2.44. The van der Waals surface area contributed by atoms with Gasteiger partial charge in [0.15, 0.2) is 0 Å². The van der Waals surface area contributed by atoms with E-state index in [0.29, 0.717) is 12.8 Å². The van der Waals surface area contributed by atoms with Gasteiger partial charge in [-0.1, -0.05) is 20.8 Å². The van der Waals surface area contributed by atoms with Gasteiger partial charge >= 0.3 is 0 Å². The lowest BCUT2D eigenvalue weighted by atomic mass is 9.72. The zero-order chi connectivity index (χ0) is 11.2. The standard InChI is InChI=1S/C11H24O3/c1-10(2,3)7-11(8-13,9-14)5-4-6-12/h12-14H,4-9H2,1-3H3. The van der Waals surface area contributed by atoms with Gasteiger partial charge in [-0.3, -0.25) is 0 Å². The first-order valence-corrected chi connectivity index (χ1v) is 5.22. The van der Waals surface area contributed by atoms with Crippen LogP contribution in [0.5, 0.6) is 0 Å². The first-order valence-electron chi connectivity index (χ1n) is 5.22. The summed E-state index contributed by atoms with van der Waals surface area (Å²) >= 11 is 0. The average Bonchev–Trinajstić information content (AvgIpc) is 2.10. The average molecular weight is 204 g/mol. The van der Waals surface area contributed by atoms with Crippen molar-refractivity contribution < 1.29 is 15.3 Å². The second kappa shape index (κ2) is 5.69. The molecular weight excluding hydrogens is 180 g/mol. The summed E-state index contributed by atoms with van der Waals surface area (Å²) < 4.78 is 0. The molecule has 0 fully saturated rings. The maximum absolute atomic E-state index is 9.32. The summed E-state index contributed by atoms with van der Waals surface area (Å²) in [7, 11) is 0. The molecule has 0 unspecified atom stereocenters. The smallest absolute Gasteiger partial charge is 0.0509 e. The van der Waals surface area contributed by atoms with Crippen molar-refractivity contribution in [1.29, 1.82) is 0 Å². The topological polar surface area (TPSA) is 60.7 Å². The highest BCUT2D eigenvalue weighted by atomic mass is 16.3. The molecule has 0 spiro atoms. The van der Waals surface area contributed by atoms with E-state index >= 15 is 0 Å². The second-order valence-electron chi connectivity index (χ2n) is 5.38. The Bertz CT molecular complexity index is 145. The van der Waals surface area contributed by atoms with Gasteiger partial charge in [0.1, 0.15) is 0 Å². The summed E-state index contributed by atoms with van der Waals surface area (Å²) in [6.45, 7) is 6.36. The van der Waals surface area contributed by atoms with Gasteiger partial charge in [-0.25, -0.2) is 0 Å². The van der Waals surface area contributed by atoms with E-state index in [1.54, 1.807) is 0 Å². The maximum atomic E-state index is 9.32. The summed E-state index contributed by atoms with van der Waals surface area (Å²) in [6, 6.07) is 0. The largest absolute Gasteiger partial charge is 0.396 e. The fourth-order valence-electron chi connectivity index (χ4n) is 1.99. The Balaban J connectivity index is 4.36. The van der Waals surface area contributed by atoms with E-state index in [4.69, 9.17) is 5.11 Å². The molecule has 0 bridgehead atoms. The number of hydrogen-bond acceptors (Lipinski definition) is 3. The minimum absolute atomic E-state index is 0.0131. The summed E-state index contributed by atoms with van der Waals surface area (Å²) in [6.07, 6.45) is 2.08. The van der Waals surface area contributed by atoms with Crippen molar-refractivity contribution in [3.8, 4) is 0 Å². The summed E-state index contributed by atoms with van der Waals surface area (Å²) in [4.78, 5) is 0. The van der Waals surface area contributed by atoms with Gasteiger partial charge in [-0.2, -0.15) is 0 Å². The zero-order valence-corrected chi connectivity index (χ0v) is 9.58. The highest BCUT2D eigenvalue weighted by molar-refractivity contribution is 4.83. The molecule has 0 radical (unpaired) electrons. The molecule has 0 saturated heterocycles. The molecule has 3 nitrogen and oxygen atoms in total. The summed E-state index contributed by atoms with van der Waals surface area (Å²) in [5.74, 6) is 0. The fourth-order valence-corrected chi connectivity index (χ4v) is 1.99. The van der Waals surface area contributed by atoms with Crippen LogP contribution in [0.4, 0.5) is 0 Å². The third kappa shape index (κ3) is 4.94. The number of aliphatic hydroxyl groups excluding tert-OH is 3. The van der Waals surface area contributed by atoms with Crippen molar-refractivity contribution >= 4 is 0 Å². The molecule has 86 valence electrons. The van der Waals surface area contributed by atoms with Crippen LogP contribution in [0.2, 0.25) is 0 Å². The Kier molecular flexibility index (Phi) is 5.64. The molecule has 3 heteroatoms. The van der Waals surface area contributed by atoms with Crippen molar-refractivity contribution in [2.75, 3.05) is 19.8 Å². The van der Waals surface area contributed by atoms with Crippen molar-refractivity contribution in [3.05, 3.63) is 0 Å². The normalized spacial score (nSPS) is 13.3. The molecule has 0 atom stereocenters. The van der Waals surface area contributed by atoms with Crippen molar-refractivity contribution in [1.82, 2.24) is 0 Å². The van der Waals surface area contributed by atoms with E-state index < -0.39 is 5.41 Å². The predicted octanol–water partition coefficient (Wildman–Crippen LogP) is 1.17. The van der Waals surface area contributed by atoms with Crippen LogP contribution in [0.3, 0.4) is 0 Å². The first kappa shape index (κ1) is 13.9. The molecule has 0 saturated carbocycles. The lowest BCUT2D eigenvalue weighted by molar-refractivity contribution is 0.00894. The Morgan fingerprint density at radius 2 is 1.43 bits per heavy atom. The Labute approximate surface area is 86.8 Å². The van der Waals surface area contributed by atoms with Gasteiger partial charge in [0, 0.05) is 12.0 Å². The second-order valence-corrected chi connectivity index (χ2v) is 5.38. The van der Waals surface area contributed by atoms with E-state index in [0.717, 1.165) is 6.42 Å². The summed E-state index contributed by atoms with van der Waals surface area (Å²) in [5, 5.41) is 27.4. The van der Waals surface area contributed by atoms with Gasteiger partial charge in [-0.05, 0) is 24.7 Å². The van der Waals surface area contributed by atoms with Crippen molar-refractivity contribution in [2.45, 2.75) is 40.0 Å². The molecule has 3 N–H and O–H groups in total. The van der Waals surface area contributed by atoms with Gasteiger partial charge < -0.3 is 15.3 Å². The maximum Gasteiger partial charge on any atom is 0.0509 e. The van der Waals surface area contributed by atoms with E-state index in [9.17, 15) is 10.2 Å². The van der Waals surface area contributed by atoms with E-state index in [-0.39, 0.29) is 25.2 Å². The van der Waals surface area contributed by atoms with Crippen LogP contribution >= 0.6 is 0 Å². The quantitative estimate of drug-likeness (QED) is 0.608. The molecular formula is C11H24O3. The highest BCUT2D eigenvalue weighted by Crippen LogP contribution is 2.36. The van der Waals surface area contributed by atoms with Crippen LogP contribution < -0.4 is 0 Å². The Morgan fingerprint density at radius 1 is 0.929 bits per heavy atom. The van der Waals surface area contributed by atoms with Gasteiger partial charge in [0.05, 0.1) is 13.2 Å². The number of hydrogen-bond donors (Lipinski definition) is 3. The van der Waals surface area contributed by atoms with E-state index in [1.807, 2.05) is 0 Å². The molecule has 0 aromatic heterocycles. The molecule has 14 heavy (non-hydrogen) atoms. The van der Waals surface area contributed by atoms with Crippen LogP contribution in [-0.4, -0.2) is 35.1 Å². The van der Waals surface area contributed by atoms with E-state index in [2.05, 4.69) is 20.8 Å². The first-order chi connectivity index (χ1) is 6.39. The number of aliphatic hydroxyl groups is 3. The van der Waals surface area contributed by atoms with E-state index in [1.165, 1.54) is 0 Å². The van der Waals surface area contributed by atoms with Crippen LogP contribution in [-0.2, 0) is 0 Å². The van der Waals surface area contributed by atoms with Crippen molar-refractivity contribution in [2.24, 2.45) is 10.8 Å². The lowest BCUT2D eigenvalue weighted by Gasteiger charge is -2.36. The highest BCUT2D eigenvalue weighted by Gasteiger charge is 2.32. The minimum Gasteiger partial charge on any atom is -0.396 e. The molecule has 0 aliphatic rings. The predicted molar refractivity (Wildman–Crippen MR) is 57.0 cm³/mol. The van der Waals surface area contributed by atoms with Gasteiger partial charge in [0.25, 0.3) is 0 Å². The fraction of sp³-hybridized carbons (Fsp3) is 1.00. The molecule has 0 heterocycles. The zero-order valence-electron chi connectivity index (χ0n) is 9.58. The molecule has 0 aromatic carbocycles. The molecule has 0 amide bonds. The minimum atomic E-state index is -0.430. The van der Waals surface area contributed by atoms with Gasteiger partial charge in [0.2, 0.25) is 0 Å². The number of rotatable bonds is 6. The van der Waals surface area contributed by atoms with Crippen LogP contribution in [0.25, 0.3) is 0 Å². The molecule has 0 aliphatic carbocycles. The van der Waals surface area contributed by atoms with Crippen molar-refractivity contribution in [3.63, 3.8) is 0 Å². The Hall–Kier alpha value is -0.120. The monoisotopic (exact) mass is 204 g/mol. The molecule has 0 aromatic rings. The van der Waals surface area contributed by atoms with Gasteiger partial charge in [-0.15, -0.1) is 0 Å². The third-order valence-electron chi connectivity index (χ3n) is 2.44. The SMILES string of the molecule is CC(C)(C)CC(CO)(CO)CCCO. The lowest BCUT2D eigenvalue weighted by Crippen LogP contribution is -2.34. The van der Waals surface area contributed by atoms with Crippen LogP contribution in [0.15, 0.2) is 0 Å². The molecule has 0 rings (SSSR count).